The van der Waals surface area contributed by atoms with Gasteiger partial charge in [0, 0.05) is 24.9 Å². The predicted octanol–water partition coefficient (Wildman–Crippen LogP) is 3.24. The molecule has 0 saturated carbocycles. The lowest BCUT2D eigenvalue weighted by Crippen LogP contribution is -2.43. The summed E-state index contributed by atoms with van der Waals surface area (Å²) in [6.45, 7) is 3.00. The molecule has 0 saturated heterocycles. The number of nitrogens with zero attached hydrogens (tertiary/aromatic N) is 3. The van der Waals surface area contributed by atoms with E-state index in [1.54, 1.807) is 16.5 Å². The third kappa shape index (κ3) is 4.37. The molecular formula is C26H26N4O5. The van der Waals surface area contributed by atoms with Crippen LogP contribution in [-0.4, -0.2) is 57.0 Å². The van der Waals surface area contributed by atoms with Gasteiger partial charge in [0.05, 0.1) is 25.0 Å². The highest BCUT2D eigenvalue weighted by atomic mass is 16.5. The average molecular weight is 475 g/mol. The van der Waals surface area contributed by atoms with Crippen LogP contribution in [0.3, 0.4) is 0 Å². The quantitative estimate of drug-likeness (QED) is 0.567. The molecule has 0 fully saturated rings. The van der Waals surface area contributed by atoms with E-state index in [2.05, 4.69) is 34.7 Å². The van der Waals surface area contributed by atoms with E-state index in [0.29, 0.717) is 18.8 Å². The normalized spacial score (nSPS) is 15.1. The van der Waals surface area contributed by atoms with Gasteiger partial charge in [0.2, 0.25) is 5.91 Å². The van der Waals surface area contributed by atoms with Crippen LogP contribution in [0.4, 0.5) is 4.79 Å². The highest BCUT2D eigenvalue weighted by Gasteiger charge is 2.30. The highest BCUT2D eigenvalue weighted by Crippen LogP contribution is 2.44. The Balaban J connectivity index is 1.15. The zero-order valence-corrected chi connectivity index (χ0v) is 19.3. The first kappa shape index (κ1) is 22.6. The molecule has 0 unspecified atom stereocenters. The molecule has 35 heavy (non-hydrogen) atoms. The molecule has 0 radical (unpaired) electrons. The minimum absolute atomic E-state index is 0.0354. The third-order valence-electron chi connectivity index (χ3n) is 6.64. The maximum Gasteiger partial charge on any atom is 0.407 e. The smallest absolute Gasteiger partial charge is 0.407 e. The van der Waals surface area contributed by atoms with Crippen LogP contribution in [0.2, 0.25) is 0 Å². The van der Waals surface area contributed by atoms with Gasteiger partial charge in [0.15, 0.2) is 0 Å². The number of carboxylic acid groups (broad SMARTS) is 1. The van der Waals surface area contributed by atoms with Gasteiger partial charge in [0.1, 0.15) is 12.2 Å². The van der Waals surface area contributed by atoms with Crippen LogP contribution in [0.5, 0.6) is 0 Å². The number of hydrogen-bond donors (Lipinski definition) is 2. The predicted molar refractivity (Wildman–Crippen MR) is 127 cm³/mol. The number of hydrogen-bond acceptors (Lipinski definition) is 5. The molecule has 2 amide bonds. The van der Waals surface area contributed by atoms with Crippen molar-refractivity contribution in [2.24, 2.45) is 0 Å². The molecule has 1 atom stereocenters. The molecule has 2 aromatic carbocycles. The van der Waals surface area contributed by atoms with Crippen LogP contribution in [0, 0.1) is 0 Å². The van der Waals surface area contributed by atoms with E-state index in [-0.39, 0.29) is 37.0 Å². The molecule has 180 valence electrons. The van der Waals surface area contributed by atoms with Crippen LogP contribution < -0.4 is 5.32 Å². The molecule has 1 aromatic heterocycles. The first-order valence-electron chi connectivity index (χ1n) is 11.6. The Morgan fingerprint density at radius 2 is 1.74 bits per heavy atom. The summed E-state index contributed by atoms with van der Waals surface area (Å²) in [7, 11) is 0. The van der Waals surface area contributed by atoms with E-state index in [1.165, 1.54) is 6.20 Å². The SMILES string of the molecule is C[C@@H](CC(=O)N1CCn2ncc(C(=O)O)c2C1)NC(=O)OCC1c2ccccc2-c2ccccc21. The molecule has 3 aromatic rings. The van der Waals surface area contributed by atoms with Crippen molar-refractivity contribution in [1.29, 1.82) is 0 Å². The molecule has 2 aliphatic rings. The van der Waals surface area contributed by atoms with Gasteiger partial charge in [-0.05, 0) is 29.2 Å². The lowest BCUT2D eigenvalue weighted by Gasteiger charge is -2.29. The van der Waals surface area contributed by atoms with Crippen LogP contribution in [-0.2, 0) is 22.6 Å². The summed E-state index contributed by atoms with van der Waals surface area (Å²) in [5.74, 6) is -1.27. The van der Waals surface area contributed by atoms with Crippen molar-refractivity contribution in [2.75, 3.05) is 13.2 Å². The summed E-state index contributed by atoms with van der Waals surface area (Å²) in [4.78, 5) is 38.3. The van der Waals surface area contributed by atoms with Gasteiger partial charge in [-0.3, -0.25) is 9.48 Å². The fourth-order valence-corrected chi connectivity index (χ4v) is 4.92. The minimum Gasteiger partial charge on any atom is -0.478 e. The second-order valence-corrected chi connectivity index (χ2v) is 8.92. The van der Waals surface area contributed by atoms with Crippen LogP contribution >= 0.6 is 0 Å². The molecular weight excluding hydrogens is 448 g/mol. The number of carboxylic acids is 1. The van der Waals surface area contributed by atoms with Gasteiger partial charge in [-0.25, -0.2) is 9.59 Å². The lowest BCUT2D eigenvalue weighted by molar-refractivity contribution is -0.133. The van der Waals surface area contributed by atoms with Gasteiger partial charge in [0.25, 0.3) is 0 Å². The zero-order valence-electron chi connectivity index (χ0n) is 19.3. The number of carbonyl (C=O) groups excluding carboxylic acids is 2. The number of ether oxygens (including phenoxy) is 1. The number of aromatic nitrogens is 2. The number of benzene rings is 2. The Morgan fingerprint density at radius 1 is 1.09 bits per heavy atom. The van der Waals surface area contributed by atoms with E-state index in [0.717, 1.165) is 22.3 Å². The molecule has 9 nitrogen and oxygen atoms in total. The summed E-state index contributed by atoms with van der Waals surface area (Å²) < 4.78 is 7.18. The van der Waals surface area contributed by atoms with Crippen molar-refractivity contribution >= 4 is 18.0 Å². The molecule has 1 aliphatic heterocycles. The maximum atomic E-state index is 12.8. The van der Waals surface area contributed by atoms with Gasteiger partial charge in [-0.15, -0.1) is 0 Å². The molecule has 0 bridgehead atoms. The summed E-state index contributed by atoms with van der Waals surface area (Å²) in [6, 6.07) is 15.8. The summed E-state index contributed by atoms with van der Waals surface area (Å²) in [5.41, 5.74) is 5.20. The Kier molecular flexibility index (Phi) is 5.98. The number of nitrogens with one attached hydrogen (secondary N) is 1. The van der Waals surface area contributed by atoms with Crippen molar-refractivity contribution in [3.05, 3.63) is 77.1 Å². The standard InChI is InChI=1S/C26H26N4O5/c1-16(12-24(31)29-10-11-30-23(14-29)21(13-27-30)25(32)33)28-26(34)35-15-22-19-8-4-2-6-17(19)18-7-3-5-9-20(18)22/h2-9,13,16,22H,10-12,14-15H2,1H3,(H,28,34)(H,32,33)/t16-/m0/s1. The molecule has 1 aliphatic carbocycles. The monoisotopic (exact) mass is 474 g/mol. The molecule has 5 rings (SSSR count). The summed E-state index contributed by atoms with van der Waals surface area (Å²) in [6.07, 6.45) is 0.824. The summed E-state index contributed by atoms with van der Waals surface area (Å²) >= 11 is 0. The first-order valence-corrected chi connectivity index (χ1v) is 11.6. The van der Waals surface area contributed by atoms with Crippen molar-refractivity contribution < 1.29 is 24.2 Å². The Bertz CT molecular complexity index is 1250. The van der Waals surface area contributed by atoms with E-state index in [9.17, 15) is 19.5 Å². The van der Waals surface area contributed by atoms with Crippen LogP contribution in [0.15, 0.2) is 54.7 Å². The van der Waals surface area contributed by atoms with Gasteiger partial charge in [-0.2, -0.15) is 5.10 Å². The number of rotatable bonds is 6. The van der Waals surface area contributed by atoms with E-state index in [1.807, 2.05) is 24.3 Å². The van der Waals surface area contributed by atoms with Crippen molar-refractivity contribution in [3.63, 3.8) is 0 Å². The zero-order chi connectivity index (χ0) is 24.5. The minimum atomic E-state index is -1.06. The average Bonchev–Trinajstić information content (AvgIpc) is 3.41. The van der Waals surface area contributed by atoms with Gasteiger partial charge in [-0.1, -0.05) is 48.5 Å². The van der Waals surface area contributed by atoms with Crippen LogP contribution in [0.25, 0.3) is 11.1 Å². The second-order valence-electron chi connectivity index (χ2n) is 8.92. The third-order valence-corrected chi connectivity index (χ3v) is 6.64. The molecule has 9 heteroatoms. The topological polar surface area (TPSA) is 114 Å². The number of fused-ring (bicyclic) bond motifs is 4. The highest BCUT2D eigenvalue weighted by molar-refractivity contribution is 5.89. The number of alkyl carbamates (subject to hydrolysis) is 1. The molecule has 2 N–H and O–H groups in total. The van der Waals surface area contributed by atoms with Crippen molar-refractivity contribution in [2.45, 2.75) is 38.4 Å². The molecule has 2 heterocycles. The summed E-state index contributed by atoms with van der Waals surface area (Å²) in [5, 5.41) is 16.1. The lowest BCUT2D eigenvalue weighted by atomic mass is 9.98. The number of aromatic carboxylic acids is 1. The van der Waals surface area contributed by atoms with Crippen molar-refractivity contribution in [3.8, 4) is 11.1 Å². The maximum absolute atomic E-state index is 12.8. The fraction of sp³-hybridized carbons (Fsp3) is 0.308. The first-order chi connectivity index (χ1) is 16.9. The number of amides is 2. The van der Waals surface area contributed by atoms with Crippen molar-refractivity contribution in [1.82, 2.24) is 20.0 Å². The van der Waals surface area contributed by atoms with E-state index < -0.39 is 18.1 Å². The largest absolute Gasteiger partial charge is 0.478 e. The second kappa shape index (κ2) is 9.25. The van der Waals surface area contributed by atoms with Crippen LogP contribution in [0.1, 0.15) is 46.4 Å². The van der Waals surface area contributed by atoms with E-state index >= 15 is 0 Å². The Morgan fingerprint density at radius 3 is 2.40 bits per heavy atom. The Hall–Kier alpha value is -4.14. The van der Waals surface area contributed by atoms with E-state index in [4.69, 9.17) is 4.74 Å². The van der Waals surface area contributed by atoms with Gasteiger partial charge < -0.3 is 20.1 Å². The molecule has 0 spiro atoms. The fourth-order valence-electron chi connectivity index (χ4n) is 4.92. The number of carbonyl (C=O) groups is 3. The Labute approximate surface area is 202 Å². The van der Waals surface area contributed by atoms with Gasteiger partial charge >= 0.3 is 12.1 Å².